The molecular weight excluding hydrogens is 581 g/mol. The van der Waals surface area contributed by atoms with Crippen molar-refractivity contribution in [2.45, 2.75) is 52.0 Å². The van der Waals surface area contributed by atoms with Crippen molar-refractivity contribution < 1.29 is 0 Å². The third-order valence-electron chi connectivity index (χ3n) is 10.2. The highest BCUT2D eigenvalue weighted by Crippen LogP contribution is 2.47. The van der Waals surface area contributed by atoms with Gasteiger partial charge in [0.1, 0.15) is 0 Å². The number of hydrogen-bond donors (Lipinski definition) is 0. The minimum absolute atomic E-state index is 0.160. The highest BCUT2D eigenvalue weighted by atomic mass is 15.2. The molecule has 0 N–H and O–H groups in total. The van der Waals surface area contributed by atoms with Crippen molar-refractivity contribution in [2.75, 3.05) is 9.80 Å². The molecule has 4 aromatic rings. The largest absolute Gasteiger partial charge is 0.332 e. The van der Waals surface area contributed by atoms with E-state index < -0.39 is 0 Å². The summed E-state index contributed by atoms with van der Waals surface area (Å²) in [6, 6.07) is 35.2. The Morgan fingerprint density at radius 1 is 0.833 bits per heavy atom. The fourth-order valence-corrected chi connectivity index (χ4v) is 8.01. The molecule has 0 aliphatic heterocycles. The summed E-state index contributed by atoms with van der Waals surface area (Å²) in [7, 11) is 0. The molecule has 2 nitrogen and oxygen atoms in total. The number of rotatable bonds is 9. The summed E-state index contributed by atoms with van der Waals surface area (Å²) in [5, 5.41) is 2.48. The molecule has 0 saturated heterocycles. The monoisotopic (exact) mass is 626 g/mol. The van der Waals surface area contributed by atoms with E-state index in [4.69, 9.17) is 0 Å². The molecule has 3 atom stereocenters. The molecule has 7 rings (SSSR count). The predicted octanol–water partition coefficient (Wildman–Crippen LogP) is 12.2. The number of allylic oxidation sites excluding steroid dienone is 10. The first-order valence-corrected chi connectivity index (χ1v) is 17.5. The van der Waals surface area contributed by atoms with Crippen LogP contribution < -0.4 is 9.80 Å². The van der Waals surface area contributed by atoms with E-state index >= 15 is 0 Å². The minimum atomic E-state index is -0.160. The summed E-state index contributed by atoms with van der Waals surface area (Å²) in [5.41, 5.74) is 8.60. The topological polar surface area (TPSA) is 6.48 Å². The zero-order valence-corrected chi connectivity index (χ0v) is 28.5. The smallest absolute Gasteiger partial charge is 0.0679 e. The molecule has 3 unspecified atom stereocenters. The molecule has 0 saturated carbocycles. The van der Waals surface area contributed by atoms with Crippen LogP contribution in [0.1, 0.15) is 45.6 Å². The van der Waals surface area contributed by atoms with Crippen LogP contribution in [-0.2, 0) is 6.42 Å². The van der Waals surface area contributed by atoms with E-state index in [1.54, 1.807) is 0 Å². The molecule has 0 spiro atoms. The van der Waals surface area contributed by atoms with Gasteiger partial charge in [-0.15, -0.1) is 0 Å². The average molecular weight is 627 g/mol. The maximum absolute atomic E-state index is 2.60. The first-order valence-electron chi connectivity index (χ1n) is 17.5. The molecule has 0 radical (unpaired) electrons. The first kappa shape index (κ1) is 31.5. The van der Waals surface area contributed by atoms with Gasteiger partial charge in [-0.25, -0.2) is 0 Å². The number of nitrogens with zero attached hydrogens (tertiary/aromatic N) is 2. The lowest BCUT2D eigenvalue weighted by Gasteiger charge is -2.51. The Kier molecular flexibility index (Phi) is 9.16. The second-order valence-electron chi connectivity index (χ2n) is 13.4. The van der Waals surface area contributed by atoms with Crippen LogP contribution in [0.2, 0.25) is 0 Å². The lowest BCUT2D eigenvalue weighted by Crippen LogP contribution is -2.53. The van der Waals surface area contributed by atoms with E-state index in [1.165, 1.54) is 39.0 Å². The van der Waals surface area contributed by atoms with E-state index in [0.29, 0.717) is 11.8 Å². The molecule has 0 bridgehead atoms. The van der Waals surface area contributed by atoms with Crippen molar-refractivity contribution in [3.05, 3.63) is 186 Å². The highest BCUT2D eigenvalue weighted by Gasteiger charge is 2.45. The quantitative estimate of drug-likeness (QED) is 0.171. The summed E-state index contributed by atoms with van der Waals surface area (Å²) in [6.45, 7) is 6.97. The van der Waals surface area contributed by atoms with E-state index in [2.05, 4.69) is 194 Å². The van der Waals surface area contributed by atoms with E-state index in [9.17, 15) is 0 Å². The van der Waals surface area contributed by atoms with Gasteiger partial charge in [0.2, 0.25) is 0 Å². The van der Waals surface area contributed by atoms with Gasteiger partial charge < -0.3 is 9.80 Å². The molecule has 4 aromatic carbocycles. The average Bonchev–Trinajstić information content (AvgIpc) is 3.13. The number of para-hydroxylation sites is 1. The SMILES string of the molecule is C/C=C(\C=C/Cc1ccc(N(C2=CCCC=C2)C2(C)C=CC=C3C=CCC(C)C32)cc1)N(c1ccccc1)c1cccc2ccccc12. The van der Waals surface area contributed by atoms with Crippen molar-refractivity contribution in [3.63, 3.8) is 0 Å². The third-order valence-corrected chi connectivity index (χ3v) is 10.2. The second kappa shape index (κ2) is 14.0. The van der Waals surface area contributed by atoms with Crippen LogP contribution in [0.4, 0.5) is 17.1 Å². The summed E-state index contributed by atoms with van der Waals surface area (Å²) < 4.78 is 0. The fraction of sp³-hybridized carbons (Fsp3) is 0.217. The number of hydrogen-bond acceptors (Lipinski definition) is 2. The molecule has 0 heterocycles. The standard InChI is InChI=1S/C46H46N2/c1-4-39(47(40-23-7-5-8-24-40)44-29-15-20-37-19-11-12-28-43(37)44)27-14-18-36-30-32-42(33-31-36)48(41-25-9-6-10-26-41)46(3)34-16-22-38-21-13-17-35(2)45(38)46/h4-5,7-9,11-16,19-35,45H,6,10,17-18H2,1-3H3/b27-14-,39-4+. The Hall–Kier alpha value is -5.08. The van der Waals surface area contributed by atoms with Crippen LogP contribution in [0.3, 0.4) is 0 Å². The van der Waals surface area contributed by atoms with Crippen LogP contribution in [0, 0.1) is 11.8 Å². The van der Waals surface area contributed by atoms with Gasteiger partial charge in [0, 0.05) is 34.1 Å². The molecule has 0 aromatic heterocycles. The summed E-state index contributed by atoms with van der Waals surface area (Å²) in [6.07, 6.45) is 29.7. The Balaban J connectivity index is 1.17. The fourth-order valence-electron chi connectivity index (χ4n) is 8.01. The highest BCUT2D eigenvalue weighted by molar-refractivity contribution is 5.97. The summed E-state index contributed by atoms with van der Waals surface area (Å²) in [4.78, 5) is 4.97. The molecule has 3 aliphatic carbocycles. The molecule has 0 amide bonds. The van der Waals surface area contributed by atoms with Crippen molar-refractivity contribution in [2.24, 2.45) is 11.8 Å². The maximum atomic E-state index is 2.60. The Morgan fingerprint density at radius 3 is 2.42 bits per heavy atom. The third kappa shape index (κ3) is 6.16. The van der Waals surface area contributed by atoms with Gasteiger partial charge in [-0.3, -0.25) is 0 Å². The molecule has 3 aliphatic rings. The summed E-state index contributed by atoms with van der Waals surface area (Å²) >= 11 is 0. The lowest BCUT2D eigenvalue weighted by molar-refractivity contribution is 0.288. The van der Waals surface area contributed by atoms with E-state index in [1.807, 2.05) is 0 Å². The van der Waals surface area contributed by atoms with Crippen LogP contribution in [-0.4, -0.2) is 5.54 Å². The summed E-state index contributed by atoms with van der Waals surface area (Å²) in [5.74, 6) is 1.00. The Labute approximate surface area is 287 Å². The maximum Gasteiger partial charge on any atom is 0.0679 e. The second-order valence-corrected chi connectivity index (χ2v) is 13.4. The van der Waals surface area contributed by atoms with Crippen LogP contribution in [0.5, 0.6) is 0 Å². The minimum Gasteiger partial charge on any atom is -0.332 e. The zero-order valence-electron chi connectivity index (χ0n) is 28.5. The number of anilines is 3. The van der Waals surface area contributed by atoms with Crippen molar-refractivity contribution >= 4 is 27.8 Å². The van der Waals surface area contributed by atoms with Gasteiger partial charge in [0.15, 0.2) is 0 Å². The van der Waals surface area contributed by atoms with Crippen LogP contribution in [0.25, 0.3) is 10.8 Å². The molecule has 240 valence electrons. The molecular formula is C46H46N2. The number of benzene rings is 4. The predicted molar refractivity (Wildman–Crippen MR) is 207 cm³/mol. The van der Waals surface area contributed by atoms with Gasteiger partial charge in [-0.2, -0.15) is 0 Å². The number of fused-ring (bicyclic) bond motifs is 2. The van der Waals surface area contributed by atoms with Crippen molar-refractivity contribution in [1.82, 2.24) is 0 Å². The van der Waals surface area contributed by atoms with E-state index in [0.717, 1.165) is 37.1 Å². The lowest BCUT2D eigenvalue weighted by atomic mass is 9.66. The van der Waals surface area contributed by atoms with Gasteiger partial charge >= 0.3 is 0 Å². The van der Waals surface area contributed by atoms with Crippen LogP contribution in [0.15, 0.2) is 181 Å². The molecule has 0 fully saturated rings. The van der Waals surface area contributed by atoms with Gasteiger partial charge in [-0.05, 0) is 104 Å². The van der Waals surface area contributed by atoms with Crippen molar-refractivity contribution in [1.29, 1.82) is 0 Å². The van der Waals surface area contributed by atoms with Gasteiger partial charge in [0.05, 0.1) is 11.2 Å². The van der Waals surface area contributed by atoms with Gasteiger partial charge in [0.25, 0.3) is 0 Å². The Bertz CT molecular complexity index is 1960. The zero-order chi connectivity index (χ0) is 32.9. The molecule has 48 heavy (non-hydrogen) atoms. The van der Waals surface area contributed by atoms with E-state index in [-0.39, 0.29) is 5.54 Å². The van der Waals surface area contributed by atoms with Gasteiger partial charge in [-0.1, -0.05) is 128 Å². The Morgan fingerprint density at radius 2 is 1.62 bits per heavy atom. The molecule has 2 heteroatoms. The van der Waals surface area contributed by atoms with Crippen molar-refractivity contribution in [3.8, 4) is 0 Å². The normalized spacial score (nSPS) is 22.0. The van der Waals surface area contributed by atoms with Crippen LogP contribution >= 0.6 is 0 Å². The first-order chi connectivity index (χ1) is 23.6.